The quantitative estimate of drug-likeness (QED) is 0.548. The molecule has 0 atom stereocenters. The molecular weight excluding hydrogens is 423 g/mol. The minimum Gasteiger partial charge on any atom is -0.496 e. The van der Waals surface area contributed by atoms with E-state index in [-0.39, 0.29) is 30.5 Å². The number of hydrogen-bond acceptors (Lipinski definition) is 3. The molecule has 0 aromatic heterocycles. The molecule has 0 unspecified atom stereocenters. The van der Waals surface area contributed by atoms with Crippen molar-refractivity contribution >= 4 is 35.0 Å². The highest BCUT2D eigenvalue weighted by Crippen LogP contribution is 2.21. The smallest absolute Gasteiger partial charge is 0.255 e. The number of nitrogens with one attached hydrogen (secondary N) is 2. The lowest BCUT2D eigenvalue weighted by Gasteiger charge is -2.12. The summed E-state index contributed by atoms with van der Waals surface area (Å²) in [4.78, 5) is 25.3. The summed E-state index contributed by atoms with van der Waals surface area (Å²) in [5.74, 6) is -0.320. The molecule has 0 heterocycles. The maximum Gasteiger partial charge on any atom is 0.255 e. The normalized spacial score (nSPS) is 10.4. The Morgan fingerprint density at radius 3 is 1.87 bits per heavy atom. The number of carbonyl (C=O) groups excluding carboxylic acids is 2. The Bertz CT molecular complexity index is 1070. The van der Waals surface area contributed by atoms with Crippen LogP contribution >= 0.6 is 23.2 Å². The Labute approximate surface area is 185 Å². The van der Waals surface area contributed by atoms with Crippen LogP contribution in [0.15, 0.2) is 66.7 Å². The first-order valence-corrected chi connectivity index (χ1v) is 9.96. The van der Waals surface area contributed by atoms with Gasteiger partial charge in [-0.1, -0.05) is 59.6 Å². The maximum absolute atomic E-state index is 12.7. The van der Waals surface area contributed by atoms with Crippen molar-refractivity contribution in [1.82, 2.24) is 10.6 Å². The van der Waals surface area contributed by atoms with E-state index in [0.29, 0.717) is 21.4 Å². The molecule has 0 aliphatic carbocycles. The molecule has 7 heteroatoms. The zero-order valence-electron chi connectivity index (χ0n) is 16.2. The predicted octanol–water partition coefficient (Wildman–Crippen LogP) is 4.86. The number of amides is 2. The summed E-state index contributed by atoms with van der Waals surface area (Å²) in [6.07, 6.45) is 0. The van der Waals surface area contributed by atoms with E-state index < -0.39 is 0 Å². The zero-order chi connectivity index (χ0) is 21.5. The van der Waals surface area contributed by atoms with Crippen LogP contribution in [0.5, 0.6) is 5.75 Å². The Hall–Kier alpha value is -3.02. The van der Waals surface area contributed by atoms with Gasteiger partial charge < -0.3 is 15.4 Å². The van der Waals surface area contributed by atoms with E-state index in [2.05, 4.69) is 10.6 Å². The van der Waals surface area contributed by atoms with Crippen molar-refractivity contribution in [2.24, 2.45) is 0 Å². The molecule has 0 saturated heterocycles. The average Bonchev–Trinajstić information content (AvgIpc) is 2.77. The molecule has 154 valence electrons. The van der Waals surface area contributed by atoms with Crippen LogP contribution in [0.1, 0.15) is 31.8 Å². The molecular formula is C23H20Cl2N2O3. The van der Waals surface area contributed by atoms with Gasteiger partial charge in [-0.25, -0.2) is 0 Å². The molecule has 2 N–H and O–H groups in total. The Kier molecular flexibility index (Phi) is 7.33. The van der Waals surface area contributed by atoms with Crippen LogP contribution in [0.2, 0.25) is 10.0 Å². The second-order valence-corrected chi connectivity index (χ2v) is 7.28. The number of halogens is 2. The van der Waals surface area contributed by atoms with Crippen LogP contribution < -0.4 is 15.4 Å². The van der Waals surface area contributed by atoms with Gasteiger partial charge in [-0.05, 0) is 41.5 Å². The van der Waals surface area contributed by atoms with Crippen molar-refractivity contribution in [3.63, 3.8) is 0 Å². The summed E-state index contributed by atoms with van der Waals surface area (Å²) in [7, 11) is 1.47. The number of ether oxygens (including phenoxy) is 1. The summed E-state index contributed by atoms with van der Waals surface area (Å²) in [5.41, 5.74) is 2.19. The molecule has 0 radical (unpaired) electrons. The number of rotatable bonds is 7. The summed E-state index contributed by atoms with van der Waals surface area (Å²) in [5, 5.41) is 6.76. The molecule has 0 aliphatic rings. The van der Waals surface area contributed by atoms with Crippen LogP contribution in [0.25, 0.3) is 0 Å². The van der Waals surface area contributed by atoms with E-state index in [9.17, 15) is 9.59 Å². The molecule has 3 aromatic carbocycles. The minimum absolute atomic E-state index is 0.255. The van der Waals surface area contributed by atoms with Crippen molar-refractivity contribution in [2.75, 3.05) is 7.11 Å². The maximum atomic E-state index is 12.7. The number of carbonyl (C=O) groups is 2. The Morgan fingerprint density at radius 1 is 0.800 bits per heavy atom. The highest BCUT2D eigenvalue weighted by Gasteiger charge is 2.16. The van der Waals surface area contributed by atoms with Crippen LogP contribution in [-0.2, 0) is 13.1 Å². The third kappa shape index (κ3) is 5.32. The second-order valence-electron chi connectivity index (χ2n) is 6.46. The monoisotopic (exact) mass is 442 g/mol. The first kappa shape index (κ1) is 21.7. The topological polar surface area (TPSA) is 67.4 Å². The van der Waals surface area contributed by atoms with Gasteiger partial charge in [-0.15, -0.1) is 0 Å². The minimum atomic E-state index is -0.368. The molecule has 0 aliphatic heterocycles. The van der Waals surface area contributed by atoms with Gasteiger partial charge in [-0.2, -0.15) is 0 Å². The number of methoxy groups -OCH3 is 1. The molecule has 2 amide bonds. The summed E-state index contributed by atoms with van der Waals surface area (Å²) in [6, 6.07) is 19.2. The van der Waals surface area contributed by atoms with Crippen molar-refractivity contribution in [3.8, 4) is 5.75 Å². The van der Waals surface area contributed by atoms with E-state index in [1.54, 1.807) is 24.3 Å². The standard InChI is InChI=1S/C23H20Cl2N2O3/c1-30-21-11-10-15(22(28)26-13-16-6-2-4-8-19(16)24)12-18(21)23(29)27-14-17-7-3-5-9-20(17)25/h2-12H,13-14H2,1H3,(H,26,28)(H,27,29). The highest BCUT2D eigenvalue weighted by molar-refractivity contribution is 6.31. The molecule has 5 nitrogen and oxygen atoms in total. The van der Waals surface area contributed by atoms with Gasteiger partial charge in [0, 0.05) is 28.7 Å². The van der Waals surface area contributed by atoms with Crippen molar-refractivity contribution in [3.05, 3.63) is 99.0 Å². The molecule has 0 bridgehead atoms. The summed E-state index contributed by atoms with van der Waals surface area (Å²) in [6.45, 7) is 0.531. The van der Waals surface area contributed by atoms with Gasteiger partial charge in [0.1, 0.15) is 5.75 Å². The van der Waals surface area contributed by atoms with Crippen LogP contribution in [0, 0.1) is 0 Å². The molecule has 3 rings (SSSR count). The van der Waals surface area contributed by atoms with Crippen LogP contribution in [-0.4, -0.2) is 18.9 Å². The van der Waals surface area contributed by atoms with Gasteiger partial charge in [-0.3, -0.25) is 9.59 Å². The van der Waals surface area contributed by atoms with Gasteiger partial charge in [0.2, 0.25) is 0 Å². The van der Waals surface area contributed by atoms with E-state index in [1.807, 2.05) is 36.4 Å². The third-order valence-electron chi connectivity index (χ3n) is 4.50. The highest BCUT2D eigenvalue weighted by atomic mass is 35.5. The van der Waals surface area contributed by atoms with Crippen LogP contribution in [0.3, 0.4) is 0 Å². The van der Waals surface area contributed by atoms with E-state index in [1.165, 1.54) is 13.2 Å². The van der Waals surface area contributed by atoms with Crippen molar-refractivity contribution in [2.45, 2.75) is 13.1 Å². The third-order valence-corrected chi connectivity index (χ3v) is 5.24. The molecule has 3 aromatic rings. The number of benzene rings is 3. The number of hydrogen-bond donors (Lipinski definition) is 2. The van der Waals surface area contributed by atoms with Crippen LogP contribution in [0.4, 0.5) is 0 Å². The fraction of sp³-hybridized carbons (Fsp3) is 0.130. The predicted molar refractivity (Wildman–Crippen MR) is 118 cm³/mol. The molecule has 0 fully saturated rings. The first-order valence-electron chi connectivity index (χ1n) is 9.21. The lowest BCUT2D eigenvalue weighted by atomic mass is 10.1. The van der Waals surface area contributed by atoms with E-state index in [4.69, 9.17) is 27.9 Å². The van der Waals surface area contributed by atoms with Gasteiger partial charge in [0.25, 0.3) is 11.8 Å². The Morgan fingerprint density at radius 2 is 1.33 bits per heavy atom. The summed E-state index contributed by atoms with van der Waals surface area (Å²) >= 11 is 12.3. The fourth-order valence-corrected chi connectivity index (χ4v) is 3.26. The van der Waals surface area contributed by atoms with Crippen molar-refractivity contribution < 1.29 is 14.3 Å². The second kappa shape index (κ2) is 10.1. The van der Waals surface area contributed by atoms with Gasteiger partial charge in [0.05, 0.1) is 12.7 Å². The fourth-order valence-electron chi connectivity index (χ4n) is 2.86. The molecule has 30 heavy (non-hydrogen) atoms. The average molecular weight is 443 g/mol. The van der Waals surface area contributed by atoms with E-state index in [0.717, 1.165) is 11.1 Å². The van der Waals surface area contributed by atoms with E-state index >= 15 is 0 Å². The largest absolute Gasteiger partial charge is 0.496 e. The summed E-state index contributed by atoms with van der Waals surface area (Å²) < 4.78 is 5.29. The zero-order valence-corrected chi connectivity index (χ0v) is 17.8. The van der Waals surface area contributed by atoms with Gasteiger partial charge >= 0.3 is 0 Å². The SMILES string of the molecule is COc1ccc(C(=O)NCc2ccccc2Cl)cc1C(=O)NCc1ccccc1Cl. The molecule has 0 spiro atoms. The lowest BCUT2D eigenvalue weighted by molar-refractivity contribution is 0.0948. The first-order chi connectivity index (χ1) is 14.5. The lowest BCUT2D eigenvalue weighted by Crippen LogP contribution is -2.26. The van der Waals surface area contributed by atoms with Gasteiger partial charge in [0.15, 0.2) is 0 Å². The Balaban J connectivity index is 1.72. The molecule has 0 saturated carbocycles. The van der Waals surface area contributed by atoms with Crippen molar-refractivity contribution in [1.29, 1.82) is 0 Å².